The predicted octanol–water partition coefficient (Wildman–Crippen LogP) is 5.45. The van der Waals surface area contributed by atoms with Crippen molar-refractivity contribution in [1.29, 1.82) is 0 Å². The summed E-state index contributed by atoms with van der Waals surface area (Å²) >= 11 is 5.83. The summed E-state index contributed by atoms with van der Waals surface area (Å²) in [5, 5.41) is 21.7. The molecule has 2 atom stereocenters. The second kappa shape index (κ2) is 9.33. The van der Waals surface area contributed by atoms with Crippen molar-refractivity contribution in [3.63, 3.8) is 0 Å². The quantitative estimate of drug-likeness (QED) is 0.409. The molecule has 0 aliphatic heterocycles. The molecule has 2 saturated carbocycles. The van der Waals surface area contributed by atoms with E-state index in [1.807, 2.05) is 0 Å². The molecule has 1 amide bonds. The van der Waals surface area contributed by atoms with Crippen molar-refractivity contribution < 1.29 is 27.5 Å². The van der Waals surface area contributed by atoms with Crippen molar-refractivity contribution in [3.8, 4) is 0 Å². The normalized spacial score (nSPS) is 25.3. The van der Waals surface area contributed by atoms with E-state index in [0.29, 0.717) is 29.9 Å². The molecule has 0 radical (unpaired) electrons. The average Bonchev–Trinajstić information content (AvgIpc) is 3.57. The molecule has 204 valence electrons. The second-order valence-corrected chi connectivity index (χ2v) is 11.0. The van der Waals surface area contributed by atoms with Crippen molar-refractivity contribution in [1.82, 2.24) is 24.5 Å². The van der Waals surface area contributed by atoms with Crippen LogP contribution >= 0.6 is 11.6 Å². The Kier molecular flexibility index (Phi) is 6.54. The molecule has 1 aromatic carbocycles. The molecule has 2 fully saturated rings. The fourth-order valence-corrected chi connectivity index (χ4v) is 6.11. The number of nitrogens with one attached hydrogen (secondary N) is 1. The number of hydrogen-bond donors (Lipinski definition) is 2. The molecule has 2 N–H and O–H groups in total. The highest BCUT2D eigenvalue weighted by Crippen LogP contribution is 2.57. The number of fused-ring (bicyclic) bond motifs is 1. The molecule has 0 saturated heterocycles. The van der Waals surface area contributed by atoms with Gasteiger partial charge in [-0.05, 0) is 69.6 Å². The first-order valence-corrected chi connectivity index (χ1v) is 12.7. The van der Waals surface area contributed by atoms with Crippen LogP contribution in [-0.2, 0) is 18.8 Å². The van der Waals surface area contributed by atoms with E-state index in [9.17, 15) is 27.5 Å². The Hall–Kier alpha value is -2.99. The molecule has 8 nitrogen and oxygen atoms in total. The summed E-state index contributed by atoms with van der Waals surface area (Å²) in [6, 6.07) is 3.49. The molecule has 2 aliphatic rings. The number of carbonyl (C=O) groups is 1. The highest BCUT2D eigenvalue weighted by atomic mass is 35.5. The number of hydrogen-bond acceptors (Lipinski definition) is 5. The zero-order valence-electron chi connectivity index (χ0n) is 20.9. The first-order chi connectivity index (χ1) is 17.8. The highest BCUT2D eigenvalue weighted by Gasteiger charge is 2.55. The minimum Gasteiger partial charge on any atom is -0.383 e. The zero-order chi connectivity index (χ0) is 27.6. The number of imidazole rings is 1. The molecule has 2 unspecified atom stereocenters. The van der Waals surface area contributed by atoms with Crippen LogP contribution in [0.4, 0.5) is 23.2 Å². The largest absolute Gasteiger partial charge is 0.437 e. The van der Waals surface area contributed by atoms with Gasteiger partial charge in [0.2, 0.25) is 0 Å². The number of aliphatic hydroxyl groups is 1. The lowest BCUT2D eigenvalue weighted by Gasteiger charge is -2.24. The first-order valence-electron chi connectivity index (χ1n) is 12.3. The van der Waals surface area contributed by atoms with E-state index < -0.39 is 40.9 Å². The molecular formula is C25H27ClF4N6O2. The number of aryl methyl sites for hydroxylation is 1. The number of aromatic nitrogens is 5. The van der Waals surface area contributed by atoms with Crippen molar-refractivity contribution in [3.05, 3.63) is 58.1 Å². The minimum atomic E-state index is -4.73. The van der Waals surface area contributed by atoms with Crippen LogP contribution in [0.2, 0.25) is 5.02 Å². The molecule has 38 heavy (non-hydrogen) atoms. The Labute approximate surface area is 221 Å². The van der Waals surface area contributed by atoms with Gasteiger partial charge in [-0.15, -0.1) is 5.10 Å². The molecule has 0 spiro atoms. The summed E-state index contributed by atoms with van der Waals surface area (Å²) in [5.41, 5.74) is -2.04. The first kappa shape index (κ1) is 26.6. The van der Waals surface area contributed by atoms with Gasteiger partial charge in [0.1, 0.15) is 22.8 Å². The fourth-order valence-electron chi connectivity index (χ4n) is 5.92. The summed E-state index contributed by atoms with van der Waals surface area (Å²) in [7, 11) is 1.69. The molecule has 2 aliphatic carbocycles. The van der Waals surface area contributed by atoms with Crippen LogP contribution in [0.1, 0.15) is 79.1 Å². The number of alkyl halides is 3. The third-order valence-electron chi connectivity index (χ3n) is 7.59. The van der Waals surface area contributed by atoms with Gasteiger partial charge in [0, 0.05) is 18.7 Å². The van der Waals surface area contributed by atoms with Crippen molar-refractivity contribution >= 4 is 23.2 Å². The smallest absolute Gasteiger partial charge is 0.383 e. The Morgan fingerprint density at radius 2 is 1.87 bits per heavy atom. The Morgan fingerprint density at radius 1 is 1.21 bits per heavy atom. The lowest BCUT2D eigenvalue weighted by Crippen LogP contribution is -2.27. The number of nitrogens with zero attached hydrogens (tertiary/aromatic N) is 5. The summed E-state index contributed by atoms with van der Waals surface area (Å²) in [4.78, 5) is 18.6. The maximum absolute atomic E-state index is 13.7. The van der Waals surface area contributed by atoms with Gasteiger partial charge in [-0.2, -0.15) is 23.1 Å². The van der Waals surface area contributed by atoms with Gasteiger partial charge in [0.15, 0.2) is 5.69 Å². The molecule has 2 aromatic heterocycles. The number of benzene rings is 1. The molecule has 5 rings (SSSR count). The van der Waals surface area contributed by atoms with Crippen LogP contribution in [0.3, 0.4) is 0 Å². The summed E-state index contributed by atoms with van der Waals surface area (Å²) in [6.45, 7) is 3.35. The molecule has 0 bridgehead atoms. The van der Waals surface area contributed by atoms with Crippen LogP contribution in [-0.4, -0.2) is 35.6 Å². The third-order valence-corrected chi connectivity index (χ3v) is 7.88. The third kappa shape index (κ3) is 4.68. The van der Waals surface area contributed by atoms with E-state index in [-0.39, 0.29) is 35.6 Å². The Bertz CT molecular complexity index is 1370. The van der Waals surface area contributed by atoms with Crippen LogP contribution < -0.4 is 5.32 Å². The summed E-state index contributed by atoms with van der Waals surface area (Å²) in [5.74, 6) is -1.27. The molecular weight excluding hydrogens is 528 g/mol. The summed E-state index contributed by atoms with van der Waals surface area (Å²) in [6.07, 6.45) is -1.83. The monoisotopic (exact) mass is 554 g/mol. The number of carbonyl (C=O) groups excluding carboxylic acids is 1. The summed E-state index contributed by atoms with van der Waals surface area (Å²) < 4.78 is 56.3. The van der Waals surface area contributed by atoms with E-state index in [2.05, 4.69) is 20.5 Å². The average molecular weight is 555 g/mol. The van der Waals surface area contributed by atoms with Crippen molar-refractivity contribution in [2.24, 2.45) is 18.9 Å². The lowest BCUT2D eigenvalue weighted by atomic mass is 9.89. The molecule has 3 aromatic rings. The van der Waals surface area contributed by atoms with Crippen LogP contribution in [0.25, 0.3) is 0 Å². The van der Waals surface area contributed by atoms with E-state index in [1.165, 1.54) is 18.5 Å². The minimum absolute atomic E-state index is 0.0656. The van der Waals surface area contributed by atoms with Gasteiger partial charge in [-0.25, -0.2) is 9.37 Å². The number of halogens is 5. The van der Waals surface area contributed by atoms with Gasteiger partial charge in [0.05, 0.1) is 23.1 Å². The predicted molar refractivity (Wildman–Crippen MR) is 130 cm³/mol. The van der Waals surface area contributed by atoms with Crippen LogP contribution in [0.5, 0.6) is 0 Å². The number of rotatable bonds is 5. The van der Waals surface area contributed by atoms with Gasteiger partial charge >= 0.3 is 6.18 Å². The second-order valence-electron chi connectivity index (χ2n) is 10.6. The Balaban J connectivity index is 1.35. The number of amides is 1. The van der Waals surface area contributed by atoms with Crippen molar-refractivity contribution in [2.75, 3.05) is 5.32 Å². The van der Waals surface area contributed by atoms with E-state index in [0.717, 1.165) is 10.9 Å². The van der Waals surface area contributed by atoms with Gasteiger partial charge in [-0.1, -0.05) is 11.6 Å². The van der Waals surface area contributed by atoms with Gasteiger partial charge < -0.3 is 15.0 Å². The van der Waals surface area contributed by atoms with Crippen LogP contribution in [0.15, 0.2) is 24.5 Å². The SMILES string of the molecule is CC(C)n1nc(C(F)(F)F)c(C2(O)CC3CC(c4ncn(C)c4C(=O)Nc4ccc(F)c(Cl)c4)CC3C2)n1. The molecule has 13 heteroatoms. The van der Waals surface area contributed by atoms with E-state index in [1.54, 1.807) is 25.5 Å². The maximum atomic E-state index is 13.7. The fraction of sp³-hybridized carbons (Fsp3) is 0.520. The van der Waals surface area contributed by atoms with Crippen LogP contribution in [0, 0.1) is 17.7 Å². The Morgan fingerprint density at radius 3 is 2.45 bits per heavy atom. The molecule has 2 heterocycles. The number of anilines is 1. The standard InChI is InChI=1S/C25H27ClF4N6O2/c1-12(2)36-33-21(22(34-36)25(28,29)30)24(38)9-14-6-13(7-15(14)10-24)19-20(35(3)11-31-19)23(37)32-16-4-5-18(27)17(26)8-16/h4-5,8,11-15,38H,6-7,9-10H2,1-3H3,(H,32,37). The van der Waals surface area contributed by atoms with Gasteiger partial charge in [-0.3, -0.25) is 4.79 Å². The maximum Gasteiger partial charge on any atom is 0.437 e. The van der Waals surface area contributed by atoms with Crippen molar-refractivity contribution in [2.45, 2.75) is 63.3 Å². The van der Waals surface area contributed by atoms with E-state index in [4.69, 9.17) is 11.6 Å². The highest BCUT2D eigenvalue weighted by molar-refractivity contribution is 6.31. The van der Waals surface area contributed by atoms with E-state index >= 15 is 0 Å². The topological polar surface area (TPSA) is 97.9 Å². The lowest BCUT2D eigenvalue weighted by molar-refractivity contribution is -0.144. The van der Waals surface area contributed by atoms with Gasteiger partial charge in [0.25, 0.3) is 5.91 Å². The zero-order valence-corrected chi connectivity index (χ0v) is 21.7.